The van der Waals surface area contributed by atoms with Gasteiger partial charge in [0.2, 0.25) is 0 Å². The van der Waals surface area contributed by atoms with Crippen molar-refractivity contribution in [2.75, 3.05) is 6.61 Å². The van der Waals surface area contributed by atoms with Crippen molar-refractivity contribution < 1.29 is 14.3 Å². The highest BCUT2D eigenvalue weighted by Gasteiger charge is 2.62. The summed E-state index contributed by atoms with van der Waals surface area (Å²) in [5.41, 5.74) is 3.82. The van der Waals surface area contributed by atoms with Crippen LogP contribution in [0.25, 0.3) is 0 Å². The first kappa shape index (κ1) is 23.1. The van der Waals surface area contributed by atoms with Crippen LogP contribution in [0.15, 0.2) is 58.0 Å². The monoisotopic (exact) mass is 463 g/mol. The Morgan fingerprint density at radius 3 is 2.57 bits per heavy atom. The SMILES string of the molecule is C=CCOC(=O)[C@@H]1N2C(=O)C(=C=C(Sc3ccc(Cl)cc3)C(C)(C)C)[C@H]2SC1(C)C. The molecule has 0 spiro atoms. The van der Waals surface area contributed by atoms with E-state index in [2.05, 4.69) is 33.1 Å². The van der Waals surface area contributed by atoms with E-state index in [4.69, 9.17) is 16.3 Å². The Morgan fingerprint density at radius 1 is 1.37 bits per heavy atom. The maximum Gasteiger partial charge on any atom is 0.330 e. The molecule has 0 radical (unpaired) electrons. The van der Waals surface area contributed by atoms with Crippen molar-refractivity contribution in [2.45, 2.75) is 55.7 Å². The van der Waals surface area contributed by atoms with E-state index in [0.29, 0.717) is 10.6 Å². The van der Waals surface area contributed by atoms with Gasteiger partial charge in [0, 0.05) is 25.0 Å². The van der Waals surface area contributed by atoms with Gasteiger partial charge in [-0.15, -0.1) is 11.8 Å². The van der Waals surface area contributed by atoms with Crippen LogP contribution in [0.2, 0.25) is 5.02 Å². The molecule has 0 N–H and O–H groups in total. The summed E-state index contributed by atoms with van der Waals surface area (Å²) in [6.45, 7) is 13.9. The molecule has 0 bridgehead atoms. The number of fused-ring (bicyclic) bond motifs is 1. The highest BCUT2D eigenvalue weighted by atomic mass is 35.5. The van der Waals surface area contributed by atoms with Gasteiger partial charge in [-0.1, -0.05) is 62.5 Å². The lowest BCUT2D eigenvalue weighted by Crippen LogP contribution is -2.58. The molecule has 2 saturated heterocycles. The van der Waals surface area contributed by atoms with Gasteiger partial charge in [-0.25, -0.2) is 4.79 Å². The average Bonchev–Trinajstić information content (AvgIpc) is 2.91. The molecule has 0 aromatic heterocycles. The smallest absolute Gasteiger partial charge is 0.330 e. The molecule has 2 atom stereocenters. The minimum atomic E-state index is -0.618. The minimum Gasteiger partial charge on any atom is -0.460 e. The summed E-state index contributed by atoms with van der Waals surface area (Å²) in [7, 11) is 0. The molecule has 160 valence electrons. The third-order valence-electron chi connectivity index (χ3n) is 4.85. The van der Waals surface area contributed by atoms with Crippen LogP contribution >= 0.6 is 35.1 Å². The first-order chi connectivity index (χ1) is 14.0. The van der Waals surface area contributed by atoms with Gasteiger partial charge in [0.05, 0.1) is 5.57 Å². The number of thioether (sulfide) groups is 2. The van der Waals surface area contributed by atoms with E-state index < -0.39 is 16.8 Å². The Kier molecular flexibility index (Phi) is 6.54. The maximum absolute atomic E-state index is 13.0. The maximum atomic E-state index is 13.0. The fourth-order valence-corrected chi connectivity index (χ4v) is 5.94. The number of ether oxygens (including phenoxy) is 1. The molecule has 3 rings (SSSR count). The molecular weight excluding hydrogens is 438 g/mol. The van der Waals surface area contributed by atoms with Crippen molar-refractivity contribution in [3.05, 3.63) is 58.2 Å². The normalized spacial score (nSPS) is 22.1. The average molecular weight is 464 g/mol. The molecule has 1 amide bonds. The Balaban J connectivity index is 1.95. The first-order valence-corrected chi connectivity index (χ1v) is 11.8. The summed E-state index contributed by atoms with van der Waals surface area (Å²) in [6.07, 6.45) is 1.53. The number of hydrogen-bond donors (Lipinski definition) is 0. The zero-order valence-electron chi connectivity index (χ0n) is 17.8. The third kappa shape index (κ3) is 4.52. The van der Waals surface area contributed by atoms with Crippen LogP contribution in [-0.4, -0.2) is 39.5 Å². The van der Waals surface area contributed by atoms with Gasteiger partial charge >= 0.3 is 5.97 Å². The van der Waals surface area contributed by atoms with Gasteiger partial charge in [0.25, 0.3) is 5.91 Å². The number of hydrogen-bond acceptors (Lipinski definition) is 5. The molecule has 1 aromatic carbocycles. The van der Waals surface area contributed by atoms with Crippen molar-refractivity contribution >= 4 is 47.0 Å². The predicted molar refractivity (Wildman–Crippen MR) is 125 cm³/mol. The predicted octanol–water partition coefficient (Wildman–Crippen LogP) is 5.68. The molecule has 2 fully saturated rings. The van der Waals surface area contributed by atoms with Crippen LogP contribution < -0.4 is 0 Å². The second kappa shape index (κ2) is 8.51. The quantitative estimate of drug-likeness (QED) is 0.140. The van der Waals surface area contributed by atoms with Crippen molar-refractivity contribution in [3.63, 3.8) is 0 Å². The molecule has 2 aliphatic heterocycles. The van der Waals surface area contributed by atoms with Crippen LogP contribution in [0.3, 0.4) is 0 Å². The molecule has 0 saturated carbocycles. The van der Waals surface area contributed by atoms with E-state index in [-0.39, 0.29) is 23.3 Å². The number of halogens is 1. The van der Waals surface area contributed by atoms with Crippen LogP contribution in [-0.2, 0) is 14.3 Å². The summed E-state index contributed by atoms with van der Waals surface area (Å²) in [6, 6.07) is 7.00. The van der Waals surface area contributed by atoms with Crippen molar-refractivity contribution in [3.8, 4) is 0 Å². The number of esters is 1. The third-order valence-corrected chi connectivity index (χ3v) is 8.04. The summed E-state index contributed by atoms with van der Waals surface area (Å²) >= 11 is 9.18. The molecule has 0 aliphatic carbocycles. The number of benzene rings is 1. The molecule has 30 heavy (non-hydrogen) atoms. The van der Waals surface area contributed by atoms with Gasteiger partial charge in [0.15, 0.2) is 0 Å². The zero-order valence-corrected chi connectivity index (χ0v) is 20.2. The Labute approximate surface area is 191 Å². The lowest BCUT2D eigenvalue weighted by molar-refractivity contribution is -0.156. The Hall–Kier alpha value is -1.59. The van der Waals surface area contributed by atoms with Crippen LogP contribution in [0.4, 0.5) is 0 Å². The van der Waals surface area contributed by atoms with Crippen LogP contribution in [0.5, 0.6) is 0 Å². The van der Waals surface area contributed by atoms with Crippen LogP contribution in [0.1, 0.15) is 34.6 Å². The highest BCUT2D eigenvalue weighted by Crippen LogP contribution is 2.53. The number of amides is 1. The van der Waals surface area contributed by atoms with Gasteiger partial charge < -0.3 is 9.64 Å². The van der Waals surface area contributed by atoms with Gasteiger partial charge in [-0.2, -0.15) is 0 Å². The lowest BCUT2D eigenvalue weighted by Gasteiger charge is -2.38. The van der Waals surface area contributed by atoms with E-state index in [1.54, 1.807) is 28.4 Å². The van der Waals surface area contributed by atoms with Crippen molar-refractivity contribution in [2.24, 2.45) is 5.41 Å². The number of rotatable bonds is 5. The van der Waals surface area contributed by atoms with Gasteiger partial charge in [0.1, 0.15) is 18.0 Å². The molecule has 2 aliphatic rings. The summed E-state index contributed by atoms with van der Waals surface area (Å²) in [5, 5.41) is 0.486. The largest absolute Gasteiger partial charge is 0.460 e. The van der Waals surface area contributed by atoms with Gasteiger partial charge in [-0.05, 0) is 38.1 Å². The molecule has 2 heterocycles. The Bertz CT molecular complexity index is 940. The van der Waals surface area contributed by atoms with E-state index in [9.17, 15) is 9.59 Å². The second-order valence-corrected chi connectivity index (χ2v) is 12.0. The van der Waals surface area contributed by atoms with Crippen molar-refractivity contribution in [1.82, 2.24) is 4.90 Å². The van der Waals surface area contributed by atoms with Crippen LogP contribution in [0, 0.1) is 5.41 Å². The standard InChI is InChI=1S/C23H26ClNO3S2/c1-7-12-28-21(27)18-23(5,6)30-20-16(19(26)25(18)20)13-17(22(2,3)4)29-15-10-8-14(24)9-11-15/h7-11,18,20H,1,12H2,2-6H3/t13?,18-,20+/m0/s1. The number of β-lactam (4-membered cyclic amide) rings is 1. The Morgan fingerprint density at radius 2 is 2.00 bits per heavy atom. The molecular formula is C23H26ClNO3S2. The van der Waals surface area contributed by atoms with Crippen molar-refractivity contribution in [1.29, 1.82) is 0 Å². The summed E-state index contributed by atoms with van der Waals surface area (Å²) in [4.78, 5) is 29.2. The lowest BCUT2D eigenvalue weighted by atomic mass is 9.93. The second-order valence-electron chi connectivity index (χ2n) is 8.78. The first-order valence-electron chi connectivity index (χ1n) is 9.68. The molecule has 0 unspecified atom stereocenters. The number of carbonyl (C=O) groups excluding carboxylic acids is 2. The molecule has 7 heteroatoms. The topological polar surface area (TPSA) is 46.6 Å². The molecule has 4 nitrogen and oxygen atoms in total. The fraction of sp³-hybridized carbons (Fsp3) is 0.435. The van der Waals surface area contributed by atoms with E-state index in [1.165, 1.54) is 6.08 Å². The number of nitrogens with zero attached hydrogens (tertiary/aromatic N) is 1. The summed E-state index contributed by atoms with van der Waals surface area (Å²) < 4.78 is 4.81. The minimum absolute atomic E-state index is 0.136. The fourth-order valence-electron chi connectivity index (χ4n) is 3.32. The zero-order chi connectivity index (χ0) is 22.3. The highest BCUT2D eigenvalue weighted by molar-refractivity contribution is 8.03. The van der Waals surface area contributed by atoms with E-state index in [0.717, 1.165) is 9.80 Å². The van der Waals surface area contributed by atoms with Gasteiger partial charge in [-0.3, -0.25) is 4.79 Å². The molecule has 1 aromatic rings. The summed E-state index contributed by atoms with van der Waals surface area (Å²) in [5.74, 6) is -0.546. The van der Waals surface area contributed by atoms with E-state index in [1.807, 2.05) is 38.1 Å². The number of carbonyl (C=O) groups is 2. The van der Waals surface area contributed by atoms with E-state index >= 15 is 0 Å².